The average molecular weight is 252 g/mol. The van der Waals surface area contributed by atoms with Gasteiger partial charge in [-0.15, -0.1) is 0 Å². The third-order valence-corrected chi connectivity index (χ3v) is 5.14. The number of nitrogens with zero attached hydrogens (tertiary/aromatic N) is 1. The second-order valence-electron chi connectivity index (χ2n) is 6.26. The van der Waals surface area contributed by atoms with E-state index in [0.29, 0.717) is 0 Å². The molecule has 3 heterocycles. The van der Waals surface area contributed by atoms with Gasteiger partial charge in [-0.25, -0.2) is 0 Å². The minimum absolute atomic E-state index is 0.779. The third kappa shape index (κ3) is 2.59. The first-order valence-corrected chi connectivity index (χ1v) is 7.97. The molecule has 18 heavy (non-hydrogen) atoms. The van der Waals surface area contributed by atoms with E-state index in [2.05, 4.69) is 17.1 Å². The van der Waals surface area contributed by atoms with Gasteiger partial charge in [0.25, 0.3) is 0 Å². The molecule has 0 saturated carbocycles. The Kier molecular flexibility index (Phi) is 4.22. The van der Waals surface area contributed by atoms with Crippen molar-refractivity contribution < 1.29 is 4.74 Å². The topological polar surface area (TPSA) is 24.5 Å². The number of rotatable bonds is 3. The molecule has 2 bridgehead atoms. The van der Waals surface area contributed by atoms with Gasteiger partial charge in [0.15, 0.2) is 0 Å². The molecule has 3 fully saturated rings. The highest BCUT2D eigenvalue weighted by molar-refractivity contribution is 4.98. The minimum atomic E-state index is 0.779. The zero-order valence-electron chi connectivity index (χ0n) is 11.7. The minimum Gasteiger partial charge on any atom is -0.381 e. The van der Waals surface area contributed by atoms with Crippen LogP contribution < -0.4 is 5.32 Å². The Hall–Kier alpha value is -0.120. The Labute approximate surface area is 111 Å². The maximum atomic E-state index is 5.53. The molecule has 2 unspecified atom stereocenters. The summed E-state index contributed by atoms with van der Waals surface area (Å²) < 4.78 is 5.53. The van der Waals surface area contributed by atoms with Crippen molar-refractivity contribution in [1.29, 1.82) is 0 Å². The van der Waals surface area contributed by atoms with Crippen molar-refractivity contribution in [3.63, 3.8) is 0 Å². The summed E-state index contributed by atoms with van der Waals surface area (Å²) in [6, 6.07) is 3.30. The Morgan fingerprint density at radius 3 is 2.28 bits per heavy atom. The van der Waals surface area contributed by atoms with Gasteiger partial charge in [0.05, 0.1) is 0 Å². The molecule has 3 aliphatic heterocycles. The number of nitrogens with one attached hydrogen (secondary N) is 1. The van der Waals surface area contributed by atoms with Crippen molar-refractivity contribution in [2.75, 3.05) is 19.8 Å². The van der Waals surface area contributed by atoms with Crippen LogP contribution in [0.5, 0.6) is 0 Å². The lowest BCUT2D eigenvalue weighted by Gasteiger charge is -2.53. The zero-order valence-corrected chi connectivity index (χ0v) is 11.7. The van der Waals surface area contributed by atoms with Crippen LogP contribution in [0, 0.1) is 0 Å². The van der Waals surface area contributed by atoms with Crippen LogP contribution in [0.25, 0.3) is 0 Å². The lowest BCUT2D eigenvalue weighted by Crippen LogP contribution is -2.60. The molecule has 3 saturated heterocycles. The molecule has 0 aromatic carbocycles. The summed E-state index contributed by atoms with van der Waals surface area (Å²) in [6.45, 7) is 5.33. The van der Waals surface area contributed by atoms with Gasteiger partial charge < -0.3 is 10.1 Å². The number of piperidine rings is 2. The van der Waals surface area contributed by atoms with Gasteiger partial charge in [0.2, 0.25) is 0 Å². The van der Waals surface area contributed by atoms with E-state index in [4.69, 9.17) is 4.74 Å². The molecule has 3 nitrogen and oxygen atoms in total. The molecular formula is C15H28N2O. The maximum absolute atomic E-state index is 5.53. The summed E-state index contributed by atoms with van der Waals surface area (Å²) in [6.07, 6.45) is 9.58. The number of fused-ring (bicyclic) bond motifs is 2. The smallest absolute Gasteiger partial charge is 0.0480 e. The first-order valence-electron chi connectivity index (χ1n) is 7.97. The molecule has 0 aliphatic carbocycles. The van der Waals surface area contributed by atoms with E-state index < -0.39 is 0 Å². The van der Waals surface area contributed by atoms with Crippen LogP contribution in [0.4, 0.5) is 0 Å². The van der Waals surface area contributed by atoms with Crippen molar-refractivity contribution in [3.05, 3.63) is 0 Å². The Balaban J connectivity index is 1.67. The Morgan fingerprint density at radius 1 is 1.00 bits per heavy atom. The summed E-state index contributed by atoms with van der Waals surface area (Å²) in [7, 11) is 0. The molecule has 3 rings (SSSR count). The molecule has 1 N–H and O–H groups in total. The first-order chi connectivity index (χ1) is 8.88. The zero-order chi connectivity index (χ0) is 12.4. The van der Waals surface area contributed by atoms with E-state index in [1.54, 1.807) is 0 Å². The predicted molar refractivity (Wildman–Crippen MR) is 73.8 cm³/mol. The fraction of sp³-hybridized carbons (Fsp3) is 1.00. The second kappa shape index (κ2) is 5.89. The van der Waals surface area contributed by atoms with Crippen LogP contribution in [0.3, 0.4) is 0 Å². The molecule has 0 radical (unpaired) electrons. The molecule has 2 atom stereocenters. The molecule has 0 aromatic rings. The van der Waals surface area contributed by atoms with E-state index in [1.807, 2.05) is 0 Å². The van der Waals surface area contributed by atoms with E-state index in [9.17, 15) is 0 Å². The van der Waals surface area contributed by atoms with Crippen LogP contribution >= 0.6 is 0 Å². The normalized spacial score (nSPS) is 38.8. The van der Waals surface area contributed by atoms with E-state index in [0.717, 1.165) is 43.9 Å². The highest BCUT2D eigenvalue weighted by Crippen LogP contribution is 2.37. The van der Waals surface area contributed by atoms with E-state index in [1.165, 1.54) is 44.9 Å². The van der Waals surface area contributed by atoms with Crippen LogP contribution in [0.15, 0.2) is 0 Å². The van der Waals surface area contributed by atoms with Crippen molar-refractivity contribution in [1.82, 2.24) is 10.2 Å². The SMILES string of the molecule is CCNC1CC2CCCC(C1)N2C1CCOCC1. The van der Waals surface area contributed by atoms with Crippen LogP contribution in [0.2, 0.25) is 0 Å². The van der Waals surface area contributed by atoms with Gasteiger partial charge in [-0.2, -0.15) is 0 Å². The predicted octanol–water partition coefficient (Wildman–Crippen LogP) is 2.16. The first kappa shape index (κ1) is 12.9. The molecule has 3 heteroatoms. The van der Waals surface area contributed by atoms with Gasteiger partial charge in [0, 0.05) is 37.4 Å². The lowest BCUT2D eigenvalue weighted by molar-refractivity contribution is -0.0504. The van der Waals surface area contributed by atoms with Crippen LogP contribution in [-0.4, -0.2) is 48.8 Å². The van der Waals surface area contributed by atoms with Crippen molar-refractivity contribution in [2.24, 2.45) is 0 Å². The van der Waals surface area contributed by atoms with Crippen LogP contribution in [-0.2, 0) is 4.74 Å². The second-order valence-corrected chi connectivity index (χ2v) is 6.26. The molecular weight excluding hydrogens is 224 g/mol. The van der Waals surface area contributed by atoms with Gasteiger partial charge in [-0.3, -0.25) is 4.90 Å². The fourth-order valence-corrected chi connectivity index (χ4v) is 4.45. The van der Waals surface area contributed by atoms with E-state index in [-0.39, 0.29) is 0 Å². The van der Waals surface area contributed by atoms with Crippen molar-refractivity contribution >= 4 is 0 Å². The third-order valence-electron chi connectivity index (χ3n) is 5.14. The van der Waals surface area contributed by atoms with Crippen LogP contribution in [0.1, 0.15) is 51.9 Å². The van der Waals surface area contributed by atoms with Gasteiger partial charge in [-0.05, 0) is 45.1 Å². The molecule has 0 amide bonds. The summed E-state index contributed by atoms with van der Waals surface area (Å²) >= 11 is 0. The largest absolute Gasteiger partial charge is 0.381 e. The summed E-state index contributed by atoms with van der Waals surface area (Å²) in [4.78, 5) is 2.90. The number of ether oxygens (including phenoxy) is 1. The summed E-state index contributed by atoms with van der Waals surface area (Å²) in [5.41, 5.74) is 0. The average Bonchev–Trinajstić information content (AvgIpc) is 2.39. The molecule has 104 valence electrons. The fourth-order valence-electron chi connectivity index (χ4n) is 4.45. The number of hydrogen-bond acceptors (Lipinski definition) is 3. The lowest BCUT2D eigenvalue weighted by atomic mass is 9.79. The standard InChI is InChI=1S/C15H28N2O/c1-2-16-12-10-14-4-3-5-15(11-12)17(14)13-6-8-18-9-7-13/h12-16H,2-11H2,1H3. The highest BCUT2D eigenvalue weighted by Gasteiger charge is 2.41. The van der Waals surface area contributed by atoms with Gasteiger partial charge >= 0.3 is 0 Å². The Bertz CT molecular complexity index is 251. The van der Waals surface area contributed by atoms with Gasteiger partial charge in [-0.1, -0.05) is 13.3 Å². The maximum Gasteiger partial charge on any atom is 0.0480 e. The quantitative estimate of drug-likeness (QED) is 0.833. The van der Waals surface area contributed by atoms with Crippen molar-refractivity contribution in [3.8, 4) is 0 Å². The number of hydrogen-bond donors (Lipinski definition) is 1. The molecule has 0 aromatic heterocycles. The highest BCUT2D eigenvalue weighted by atomic mass is 16.5. The Morgan fingerprint density at radius 2 is 1.67 bits per heavy atom. The summed E-state index contributed by atoms with van der Waals surface area (Å²) in [5.74, 6) is 0. The summed E-state index contributed by atoms with van der Waals surface area (Å²) in [5, 5.41) is 3.69. The van der Waals surface area contributed by atoms with Crippen molar-refractivity contribution in [2.45, 2.75) is 76.0 Å². The molecule has 3 aliphatic rings. The monoisotopic (exact) mass is 252 g/mol. The van der Waals surface area contributed by atoms with E-state index >= 15 is 0 Å². The van der Waals surface area contributed by atoms with Gasteiger partial charge in [0.1, 0.15) is 0 Å². The molecule has 0 spiro atoms.